The number of nitrogens with one attached hydrogen (secondary N) is 1. The molecule has 3 heterocycles. The molecule has 5 rings (SSSR count). The van der Waals surface area contributed by atoms with Crippen molar-refractivity contribution in [1.29, 1.82) is 0 Å². The first-order valence-electron chi connectivity index (χ1n) is 12.7. The summed E-state index contributed by atoms with van der Waals surface area (Å²) in [6.07, 6.45) is 5.80. The van der Waals surface area contributed by atoms with E-state index in [0.29, 0.717) is 23.0 Å². The van der Waals surface area contributed by atoms with Crippen molar-refractivity contribution in [2.45, 2.75) is 45.7 Å². The molecule has 2 fully saturated rings. The summed E-state index contributed by atoms with van der Waals surface area (Å²) in [7, 11) is 0. The molecule has 2 saturated heterocycles. The standard InChI is InChI=1S/C29H33N5O2/c1-19-6-8-22(9-7-19)23-13-24(28(35)32-20(2)26-16-30-21(3)31-17-26)15-25(14-23)29(36)34-12-11-33-10-4-5-27(33)18-34/h6-9,13-17,20,27H,4-5,10-12,18H2,1-3H3,(H,32,35)/t20-,27?/m1/s1. The Morgan fingerprint density at radius 1 is 0.944 bits per heavy atom. The van der Waals surface area contributed by atoms with Gasteiger partial charge >= 0.3 is 0 Å². The minimum Gasteiger partial charge on any atom is -0.345 e. The molecule has 2 aliphatic heterocycles. The first kappa shape index (κ1) is 24.1. The second-order valence-corrected chi connectivity index (χ2v) is 10.0. The third kappa shape index (κ3) is 5.16. The predicted molar refractivity (Wildman–Crippen MR) is 140 cm³/mol. The molecule has 0 radical (unpaired) electrons. The fraction of sp³-hybridized carbons (Fsp3) is 0.379. The van der Waals surface area contributed by atoms with E-state index in [-0.39, 0.29) is 17.9 Å². The number of carbonyl (C=O) groups is 2. The van der Waals surface area contributed by atoms with E-state index in [0.717, 1.165) is 54.9 Å². The van der Waals surface area contributed by atoms with Gasteiger partial charge in [0, 0.05) is 54.8 Å². The minimum atomic E-state index is -0.268. The second-order valence-electron chi connectivity index (χ2n) is 10.0. The van der Waals surface area contributed by atoms with E-state index in [1.807, 2.05) is 62.1 Å². The lowest BCUT2D eigenvalue weighted by Crippen LogP contribution is -2.52. The number of rotatable bonds is 5. The molecular weight excluding hydrogens is 450 g/mol. The molecular formula is C29H33N5O2. The van der Waals surface area contributed by atoms with E-state index in [2.05, 4.69) is 20.2 Å². The molecule has 1 unspecified atom stereocenters. The smallest absolute Gasteiger partial charge is 0.253 e. The Morgan fingerprint density at radius 2 is 1.67 bits per heavy atom. The van der Waals surface area contributed by atoms with Crippen molar-refractivity contribution < 1.29 is 9.59 Å². The van der Waals surface area contributed by atoms with E-state index in [9.17, 15) is 9.59 Å². The van der Waals surface area contributed by atoms with Crippen LogP contribution < -0.4 is 5.32 Å². The van der Waals surface area contributed by atoms with Crippen LogP contribution in [0.4, 0.5) is 0 Å². The fourth-order valence-electron chi connectivity index (χ4n) is 5.14. The third-order valence-electron chi connectivity index (χ3n) is 7.35. The van der Waals surface area contributed by atoms with Crippen LogP contribution in [0, 0.1) is 13.8 Å². The number of fused-ring (bicyclic) bond motifs is 1. The van der Waals surface area contributed by atoms with E-state index in [1.165, 1.54) is 6.42 Å². The van der Waals surface area contributed by atoms with Crippen molar-refractivity contribution in [2.75, 3.05) is 26.2 Å². The summed E-state index contributed by atoms with van der Waals surface area (Å²) in [5.74, 6) is 0.445. The molecule has 7 heteroatoms. The van der Waals surface area contributed by atoms with Gasteiger partial charge in [0.15, 0.2) is 0 Å². The lowest BCUT2D eigenvalue weighted by molar-refractivity contribution is 0.0571. The normalized spacial score (nSPS) is 18.5. The Kier molecular flexibility index (Phi) is 6.83. The maximum atomic E-state index is 13.6. The van der Waals surface area contributed by atoms with Crippen LogP contribution in [0.25, 0.3) is 11.1 Å². The summed E-state index contributed by atoms with van der Waals surface area (Å²) in [5, 5.41) is 3.05. The summed E-state index contributed by atoms with van der Waals surface area (Å²) in [5.41, 5.74) is 4.84. The first-order chi connectivity index (χ1) is 17.4. The Labute approximate surface area is 212 Å². The topological polar surface area (TPSA) is 78.4 Å². The average Bonchev–Trinajstić information content (AvgIpc) is 3.37. The number of benzene rings is 2. The molecule has 2 amide bonds. The minimum absolute atomic E-state index is 0.00968. The van der Waals surface area contributed by atoms with Gasteiger partial charge in [-0.05, 0) is 69.5 Å². The fourth-order valence-corrected chi connectivity index (χ4v) is 5.14. The van der Waals surface area contributed by atoms with Gasteiger partial charge in [-0.2, -0.15) is 0 Å². The highest BCUT2D eigenvalue weighted by atomic mass is 16.2. The zero-order chi connectivity index (χ0) is 25.2. The average molecular weight is 484 g/mol. The van der Waals surface area contributed by atoms with Gasteiger partial charge in [-0.15, -0.1) is 0 Å². The van der Waals surface area contributed by atoms with Gasteiger partial charge in [0.25, 0.3) is 11.8 Å². The van der Waals surface area contributed by atoms with Gasteiger partial charge in [0.2, 0.25) is 0 Å². The number of piperazine rings is 1. The van der Waals surface area contributed by atoms with Gasteiger partial charge in [-0.1, -0.05) is 29.8 Å². The first-order valence-corrected chi connectivity index (χ1v) is 12.7. The van der Waals surface area contributed by atoms with Gasteiger partial charge in [0.05, 0.1) is 6.04 Å². The van der Waals surface area contributed by atoms with Crippen LogP contribution >= 0.6 is 0 Å². The van der Waals surface area contributed by atoms with Crippen LogP contribution in [-0.4, -0.2) is 63.8 Å². The third-order valence-corrected chi connectivity index (χ3v) is 7.35. The van der Waals surface area contributed by atoms with Crippen LogP contribution in [-0.2, 0) is 0 Å². The maximum absolute atomic E-state index is 13.6. The van der Waals surface area contributed by atoms with Crippen molar-refractivity contribution in [1.82, 2.24) is 25.1 Å². The molecule has 2 aromatic carbocycles. The Morgan fingerprint density at radius 3 is 2.42 bits per heavy atom. The lowest BCUT2D eigenvalue weighted by Gasteiger charge is -2.37. The number of amides is 2. The quantitative estimate of drug-likeness (QED) is 0.589. The maximum Gasteiger partial charge on any atom is 0.253 e. The molecule has 0 saturated carbocycles. The van der Waals surface area contributed by atoms with Crippen LogP contribution in [0.15, 0.2) is 54.9 Å². The predicted octanol–water partition coefficient (Wildman–Crippen LogP) is 4.17. The number of nitrogens with zero attached hydrogens (tertiary/aromatic N) is 4. The molecule has 1 aromatic heterocycles. The van der Waals surface area contributed by atoms with E-state index in [1.54, 1.807) is 18.5 Å². The summed E-state index contributed by atoms with van der Waals surface area (Å²) in [6, 6.07) is 13.8. The number of hydrogen-bond acceptors (Lipinski definition) is 5. The van der Waals surface area contributed by atoms with E-state index < -0.39 is 0 Å². The second kappa shape index (κ2) is 10.2. The van der Waals surface area contributed by atoms with Gasteiger partial charge in [-0.3, -0.25) is 14.5 Å². The summed E-state index contributed by atoms with van der Waals surface area (Å²) in [6.45, 7) is 9.29. The molecule has 0 bridgehead atoms. The number of aryl methyl sites for hydroxylation is 2. The Balaban J connectivity index is 1.44. The molecule has 36 heavy (non-hydrogen) atoms. The van der Waals surface area contributed by atoms with Gasteiger partial charge in [-0.25, -0.2) is 9.97 Å². The van der Waals surface area contributed by atoms with Crippen molar-refractivity contribution in [3.05, 3.63) is 82.9 Å². The Bertz CT molecular complexity index is 1260. The molecule has 186 valence electrons. The molecule has 0 aliphatic carbocycles. The highest BCUT2D eigenvalue weighted by molar-refractivity contribution is 6.01. The van der Waals surface area contributed by atoms with Crippen LogP contribution in [0.5, 0.6) is 0 Å². The van der Waals surface area contributed by atoms with Crippen LogP contribution in [0.3, 0.4) is 0 Å². The molecule has 7 nitrogen and oxygen atoms in total. The molecule has 2 atom stereocenters. The summed E-state index contributed by atoms with van der Waals surface area (Å²) < 4.78 is 0. The molecule has 2 aliphatic rings. The number of carbonyl (C=O) groups excluding carboxylic acids is 2. The van der Waals surface area contributed by atoms with Crippen molar-refractivity contribution >= 4 is 11.8 Å². The largest absolute Gasteiger partial charge is 0.345 e. The summed E-state index contributed by atoms with van der Waals surface area (Å²) >= 11 is 0. The van der Waals surface area contributed by atoms with E-state index >= 15 is 0 Å². The molecule has 0 spiro atoms. The zero-order valence-electron chi connectivity index (χ0n) is 21.2. The monoisotopic (exact) mass is 483 g/mol. The van der Waals surface area contributed by atoms with Crippen LogP contribution in [0.1, 0.15) is 63.5 Å². The highest BCUT2D eigenvalue weighted by Crippen LogP contribution is 2.27. The van der Waals surface area contributed by atoms with Crippen molar-refractivity contribution in [2.24, 2.45) is 0 Å². The zero-order valence-corrected chi connectivity index (χ0v) is 21.2. The highest BCUT2D eigenvalue weighted by Gasteiger charge is 2.33. The van der Waals surface area contributed by atoms with Crippen molar-refractivity contribution in [3.63, 3.8) is 0 Å². The SMILES string of the molecule is Cc1ccc(-c2cc(C(=O)N[C@H](C)c3cnc(C)nc3)cc(C(=O)N3CCN4CCCC4C3)c2)cc1. The Hall–Kier alpha value is -3.58. The number of aromatic nitrogens is 2. The molecule has 1 N–H and O–H groups in total. The van der Waals surface area contributed by atoms with Gasteiger partial charge in [0.1, 0.15) is 5.82 Å². The van der Waals surface area contributed by atoms with Crippen LogP contribution in [0.2, 0.25) is 0 Å². The molecule has 3 aromatic rings. The van der Waals surface area contributed by atoms with E-state index in [4.69, 9.17) is 0 Å². The summed E-state index contributed by atoms with van der Waals surface area (Å²) in [4.78, 5) is 39.9. The lowest BCUT2D eigenvalue weighted by atomic mass is 9.97. The number of hydrogen-bond donors (Lipinski definition) is 1. The van der Waals surface area contributed by atoms with Crippen molar-refractivity contribution in [3.8, 4) is 11.1 Å². The van der Waals surface area contributed by atoms with Gasteiger partial charge < -0.3 is 10.2 Å².